The van der Waals surface area contributed by atoms with Gasteiger partial charge in [-0.15, -0.1) is 0 Å². The van der Waals surface area contributed by atoms with Crippen LogP contribution >= 0.6 is 0 Å². The number of aliphatic hydroxyl groups excluding tert-OH is 1. The van der Waals surface area contributed by atoms with Gasteiger partial charge in [-0.3, -0.25) is 9.69 Å². The zero-order valence-corrected chi connectivity index (χ0v) is 14.8. The first-order chi connectivity index (χ1) is 11.1. The average molecular weight is 323 g/mol. The number of rotatable bonds is 4. The van der Waals surface area contributed by atoms with Crippen molar-refractivity contribution >= 4 is 5.91 Å². The van der Waals surface area contributed by atoms with E-state index in [0.29, 0.717) is 17.9 Å². The van der Waals surface area contributed by atoms with E-state index in [0.717, 1.165) is 52.1 Å². The predicted molar refractivity (Wildman–Crippen MR) is 91.2 cm³/mol. The molecule has 0 radical (unpaired) electrons. The van der Waals surface area contributed by atoms with Gasteiger partial charge in [0.05, 0.1) is 11.5 Å². The molecule has 23 heavy (non-hydrogen) atoms. The predicted octanol–water partition coefficient (Wildman–Crippen LogP) is 1.07. The first kappa shape index (κ1) is 17.2. The highest BCUT2D eigenvalue weighted by atomic mass is 16.3. The summed E-state index contributed by atoms with van der Waals surface area (Å²) < 4.78 is 0. The molecule has 132 valence electrons. The SMILES string of the molecule is CCC1CN(C(=O)[C@@]23CCCC[C@H]2CNC3)CCN1CC(C)O. The fraction of sp³-hybridized carbons (Fsp3) is 0.944. The molecule has 3 fully saturated rings. The summed E-state index contributed by atoms with van der Waals surface area (Å²) in [6, 6.07) is 0.384. The molecule has 2 saturated heterocycles. The highest BCUT2D eigenvalue weighted by Gasteiger charge is 2.51. The molecule has 4 atom stereocenters. The Labute approximate surface area is 140 Å². The summed E-state index contributed by atoms with van der Waals surface area (Å²) in [6.45, 7) is 9.19. The van der Waals surface area contributed by atoms with E-state index in [9.17, 15) is 9.90 Å². The fourth-order valence-corrected chi connectivity index (χ4v) is 5.03. The lowest BCUT2D eigenvalue weighted by molar-refractivity contribution is -0.148. The Kier molecular flexibility index (Phi) is 5.29. The molecule has 3 aliphatic rings. The van der Waals surface area contributed by atoms with E-state index < -0.39 is 0 Å². The molecule has 2 unspecified atom stereocenters. The molecule has 0 aromatic rings. The number of carbonyl (C=O) groups is 1. The van der Waals surface area contributed by atoms with Crippen LogP contribution in [0, 0.1) is 11.3 Å². The number of nitrogens with zero attached hydrogens (tertiary/aromatic N) is 2. The van der Waals surface area contributed by atoms with Crippen LogP contribution in [-0.2, 0) is 4.79 Å². The van der Waals surface area contributed by atoms with E-state index in [1.807, 2.05) is 6.92 Å². The number of piperazine rings is 1. The number of hydrogen-bond acceptors (Lipinski definition) is 4. The van der Waals surface area contributed by atoms with Gasteiger partial charge in [0.25, 0.3) is 0 Å². The number of carbonyl (C=O) groups excluding carboxylic acids is 1. The first-order valence-corrected chi connectivity index (χ1v) is 9.49. The van der Waals surface area contributed by atoms with Crippen LogP contribution in [0.4, 0.5) is 0 Å². The number of nitrogens with one attached hydrogen (secondary N) is 1. The van der Waals surface area contributed by atoms with Gasteiger partial charge in [-0.25, -0.2) is 0 Å². The summed E-state index contributed by atoms with van der Waals surface area (Å²) in [6.07, 6.45) is 5.48. The summed E-state index contributed by atoms with van der Waals surface area (Å²) in [5, 5.41) is 13.2. The second kappa shape index (κ2) is 7.08. The van der Waals surface area contributed by atoms with Crippen molar-refractivity contribution in [1.29, 1.82) is 0 Å². The second-order valence-corrected chi connectivity index (χ2v) is 7.89. The Morgan fingerprint density at radius 1 is 1.39 bits per heavy atom. The van der Waals surface area contributed by atoms with Gasteiger partial charge in [0.2, 0.25) is 5.91 Å². The van der Waals surface area contributed by atoms with Crippen LogP contribution in [0.25, 0.3) is 0 Å². The van der Waals surface area contributed by atoms with Gasteiger partial charge < -0.3 is 15.3 Å². The standard InChI is InChI=1S/C18H33N3O2/c1-3-16-12-21(9-8-20(16)11-14(2)22)17(23)18-7-5-4-6-15(18)10-19-13-18/h14-16,19,22H,3-13H2,1-2H3/t14?,15-,16?,18+/m0/s1. The van der Waals surface area contributed by atoms with E-state index in [1.54, 1.807) is 0 Å². The Balaban J connectivity index is 1.68. The van der Waals surface area contributed by atoms with E-state index in [-0.39, 0.29) is 11.5 Å². The zero-order valence-electron chi connectivity index (χ0n) is 14.8. The van der Waals surface area contributed by atoms with E-state index in [4.69, 9.17) is 0 Å². The van der Waals surface area contributed by atoms with E-state index in [1.165, 1.54) is 19.3 Å². The second-order valence-electron chi connectivity index (χ2n) is 7.89. The molecule has 1 aliphatic carbocycles. The number of hydrogen-bond donors (Lipinski definition) is 2. The Bertz CT molecular complexity index is 428. The summed E-state index contributed by atoms with van der Waals surface area (Å²) >= 11 is 0. The third kappa shape index (κ3) is 3.28. The van der Waals surface area contributed by atoms with Gasteiger partial charge in [-0.2, -0.15) is 0 Å². The molecule has 1 saturated carbocycles. The molecule has 0 spiro atoms. The normalized spacial score (nSPS) is 36.7. The van der Waals surface area contributed by atoms with Crippen molar-refractivity contribution in [2.24, 2.45) is 11.3 Å². The molecular weight excluding hydrogens is 290 g/mol. The molecule has 2 aliphatic heterocycles. The van der Waals surface area contributed by atoms with Crippen molar-refractivity contribution in [2.75, 3.05) is 39.3 Å². The van der Waals surface area contributed by atoms with Crippen molar-refractivity contribution in [3.05, 3.63) is 0 Å². The fourth-order valence-electron chi connectivity index (χ4n) is 5.03. The molecule has 5 nitrogen and oxygen atoms in total. The third-order valence-corrected chi connectivity index (χ3v) is 6.33. The molecule has 3 rings (SSSR count). The smallest absolute Gasteiger partial charge is 0.230 e. The number of fused-ring (bicyclic) bond motifs is 1. The van der Waals surface area contributed by atoms with Crippen LogP contribution in [0.3, 0.4) is 0 Å². The maximum Gasteiger partial charge on any atom is 0.230 e. The summed E-state index contributed by atoms with van der Waals surface area (Å²) in [7, 11) is 0. The zero-order chi connectivity index (χ0) is 16.4. The molecule has 2 heterocycles. The minimum Gasteiger partial charge on any atom is -0.392 e. The van der Waals surface area contributed by atoms with Crippen molar-refractivity contribution in [3.8, 4) is 0 Å². The van der Waals surface area contributed by atoms with Crippen LogP contribution in [-0.4, -0.2) is 72.2 Å². The highest BCUT2D eigenvalue weighted by molar-refractivity contribution is 5.84. The van der Waals surface area contributed by atoms with Gasteiger partial charge in [0.1, 0.15) is 0 Å². The number of aliphatic hydroxyl groups is 1. The monoisotopic (exact) mass is 323 g/mol. The first-order valence-electron chi connectivity index (χ1n) is 9.49. The summed E-state index contributed by atoms with van der Waals surface area (Å²) in [5.41, 5.74) is -0.122. The lowest BCUT2D eigenvalue weighted by Crippen LogP contribution is -2.59. The van der Waals surface area contributed by atoms with Crippen molar-refractivity contribution in [3.63, 3.8) is 0 Å². The molecule has 0 bridgehead atoms. The highest BCUT2D eigenvalue weighted by Crippen LogP contribution is 2.45. The van der Waals surface area contributed by atoms with Gasteiger partial charge in [-0.05, 0) is 38.6 Å². The molecular formula is C18H33N3O2. The minimum absolute atomic E-state index is 0.122. The minimum atomic E-state index is -0.299. The third-order valence-electron chi connectivity index (χ3n) is 6.33. The van der Waals surface area contributed by atoms with Gasteiger partial charge in [-0.1, -0.05) is 19.8 Å². The van der Waals surface area contributed by atoms with Gasteiger partial charge in [0.15, 0.2) is 0 Å². The number of amides is 1. The maximum atomic E-state index is 13.4. The quantitative estimate of drug-likeness (QED) is 0.813. The Morgan fingerprint density at radius 2 is 2.22 bits per heavy atom. The average Bonchev–Trinajstić information content (AvgIpc) is 2.99. The molecule has 1 amide bonds. The molecule has 0 aromatic heterocycles. The van der Waals surface area contributed by atoms with Crippen LogP contribution in [0.1, 0.15) is 46.0 Å². The number of β-amino-alcohol motifs (C(OH)–C–C–N with tert-alkyl or cyclic N) is 1. The van der Waals surface area contributed by atoms with Crippen molar-refractivity contribution < 1.29 is 9.90 Å². The van der Waals surface area contributed by atoms with Gasteiger partial charge in [0, 0.05) is 38.8 Å². The molecule has 0 aromatic carbocycles. The topological polar surface area (TPSA) is 55.8 Å². The lowest BCUT2D eigenvalue weighted by Gasteiger charge is -2.46. The summed E-state index contributed by atoms with van der Waals surface area (Å²) in [4.78, 5) is 17.9. The Hall–Kier alpha value is -0.650. The van der Waals surface area contributed by atoms with E-state index >= 15 is 0 Å². The molecule has 2 N–H and O–H groups in total. The van der Waals surface area contributed by atoms with Crippen LogP contribution in [0.5, 0.6) is 0 Å². The van der Waals surface area contributed by atoms with Gasteiger partial charge >= 0.3 is 0 Å². The largest absolute Gasteiger partial charge is 0.392 e. The van der Waals surface area contributed by atoms with Crippen molar-refractivity contribution in [2.45, 2.75) is 58.1 Å². The van der Waals surface area contributed by atoms with Crippen LogP contribution in [0.15, 0.2) is 0 Å². The molecule has 5 heteroatoms. The van der Waals surface area contributed by atoms with Crippen molar-refractivity contribution in [1.82, 2.24) is 15.1 Å². The maximum absolute atomic E-state index is 13.4. The summed E-state index contributed by atoms with van der Waals surface area (Å²) in [5.74, 6) is 0.946. The van der Waals surface area contributed by atoms with E-state index in [2.05, 4.69) is 22.0 Å². The lowest BCUT2D eigenvalue weighted by atomic mass is 9.67. The van der Waals surface area contributed by atoms with Crippen LogP contribution < -0.4 is 5.32 Å². The Morgan fingerprint density at radius 3 is 2.96 bits per heavy atom. The van der Waals surface area contributed by atoms with Crippen LogP contribution in [0.2, 0.25) is 0 Å².